The minimum atomic E-state index is -1.10. The first-order chi connectivity index (χ1) is 17.4. The van der Waals surface area contributed by atoms with E-state index in [0.717, 1.165) is 41.8 Å². The molecule has 6 nitrogen and oxygen atoms in total. The largest absolute Gasteiger partial charge is 0.478 e. The van der Waals surface area contributed by atoms with Crippen molar-refractivity contribution in [3.63, 3.8) is 0 Å². The quantitative estimate of drug-likeness (QED) is 0.276. The fourth-order valence-corrected chi connectivity index (χ4v) is 5.40. The average Bonchev–Trinajstić information content (AvgIpc) is 2.90. The fraction of sp³-hybridized carbons (Fsp3) is 0.250. The van der Waals surface area contributed by atoms with Gasteiger partial charge in [0.15, 0.2) is 0 Å². The standard InChI is InChI=1S/C28H27ClN2O4S/c29-23-16-11-20(28(34)35)17-24(23)31-27(33)25(18-7-3-1-4-8-18)36-22-14-12-21(13-15-22)30-26(32)19-9-5-2-6-10-19/h1,3-4,7-8,11-17,19,25H,2,5-6,9-10H2,(H,30,32)(H,31,33)(H,34,35). The molecule has 3 aromatic carbocycles. The Bertz CT molecular complexity index is 1230. The van der Waals surface area contributed by atoms with Crippen molar-refractivity contribution in [2.75, 3.05) is 10.6 Å². The summed E-state index contributed by atoms with van der Waals surface area (Å²) in [6.07, 6.45) is 5.27. The highest BCUT2D eigenvalue weighted by atomic mass is 35.5. The van der Waals surface area contributed by atoms with Gasteiger partial charge in [-0.1, -0.05) is 61.2 Å². The van der Waals surface area contributed by atoms with Crippen LogP contribution in [0.25, 0.3) is 0 Å². The second kappa shape index (κ2) is 12.1. The Balaban J connectivity index is 1.49. The van der Waals surface area contributed by atoms with Crippen molar-refractivity contribution in [3.8, 4) is 0 Å². The van der Waals surface area contributed by atoms with Crippen LogP contribution in [0, 0.1) is 5.92 Å². The van der Waals surface area contributed by atoms with Gasteiger partial charge in [0.1, 0.15) is 5.25 Å². The molecule has 2 amide bonds. The number of thioether (sulfide) groups is 1. The van der Waals surface area contributed by atoms with Gasteiger partial charge in [-0.2, -0.15) is 0 Å². The van der Waals surface area contributed by atoms with E-state index in [1.54, 1.807) is 0 Å². The molecule has 0 radical (unpaired) electrons. The van der Waals surface area contributed by atoms with Gasteiger partial charge in [0.2, 0.25) is 11.8 Å². The molecule has 1 fully saturated rings. The number of hydrogen-bond acceptors (Lipinski definition) is 4. The predicted octanol–water partition coefficient (Wildman–Crippen LogP) is 7.03. The SMILES string of the molecule is O=C(O)c1ccc(Cl)c(NC(=O)C(Sc2ccc(NC(=O)C3CCCCC3)cc2)c2ccccc2)c1. The summed E-state index contributed by atoms with van der Waals surface area (Å²) < 4.78 is 0. The smallest absolute Gasteiger partial charge is 0.335 e. The van der Waals surface area contributed by atoms with E-state index in [4.69, 9.17) is 11.6 Å². The van der Waals surface area contributed by atoms with Crippen molar-refractivity contribution in [3.05, 3.63) is 88.9 Å². The van der Waals surface area contributed by atoms with E-state index < -0.39 is 11.2 Å². The molecule has 186 valence electrons. The zero-order chi connectivity index (χ0) is 25.5. The van der Waals surface area contributed by atoms with Crippen molar-refractivity contribution in [1.82, 2.24) is 0 Å². The number of rotatable bonds is 8. The normalized spacial score (nSPS) is 14.6. The summed E-state index contributed by atoms with van der Waals surface area (Å²) in [7, 11) is 0. The third-order valence-corrected chi connectivity index (χ3v) is 7.76. The van der Waals surface area contributed by atoms with E-state index in [1.165, 1.54) is 36.4 Å². The van der Waals surface area contributed by atoms with Crippen molar-refractivity contribution in [2.24, 2.45) is 5.92 Å². The molecular weight excluding hydrogens is 496 g/mol. The predicted molar refractivity (Wildman–Crippen MR) is 144 cm³/mol. The molecule has 8 heteroatoms. The molecule has 0 bridgehead atoms. The minimum Gasteiger partial charge on any atom is -0.478 e. The molecular formula is C28H27ClN2O4S. The number of carboxylic acids is 1. The molecule has 4 rings (SSSR count). The van der Waals surface area contributed by atoms with Crippen molar-refractivity contribution in [1.29, 1.82) is 0 Å². The molecule has 0 aromatic heterocycles. The number of aromatic carboxylic acids is 1. The fourth-order valence-electron chi connectivity index (χ4n) is 4.22. The first kappa shape index (κ1) is 25.8. The maximum Gasteiger partial charge on any atom is 0.335 e. The Morgan fingerprint density at radius 1 is 0.889 bits per heavy atom. The number of benzene rings is 3. The Hall–Kier alpha value is -3.29. The van der Waals surface area contributed by atoms with E-state index in [0.29, 0.717) is 0 Å². The van der Waals surface area contributed by atoms with E-state index in [-0.39, 0.29) is 34.0 Å². The lowest BCUT2D eigenvalue weighted by atomic mass is 9.88. The van der Waals surface area contributed by atoms with E-state index >= 15 is 0 Å². The Labute approximate surface area is 219 Å². The Morgan fingerprint density at radius 2 is 1.58 bits per heavy atom. The van der Waals surface area contributed by atoms with E-state index in [2.05, 4.69) is 10.6 Å². The van der Waals surface area contributed by atoms with Crippen LogP contribution in [0.15, 0.2) is 77.7 Å². The van der Waals surface area contributed by atoms with Gasteiger partial charge in [-0.3, -0.25) is 9.59 Å². The third kappa shape index (κ3) is 6.68. The van der Waals surface area contributed by atoms with Gasteiger partial charge in [-0.15, -0.1) is 11.8 Å². The molecule has 1 aliphatic carbocycles. The van der Waals surface area contributed by atoms with Gasteiger partial charge in [0, 0.05) is 16.5 Å². The number of nitrogens with one attached hydrogen (secondary N) is 2. The highest BCUT2D eigenvalue weighted by Crippen LogP contribution is 2.37. The number of anilines is 2. The van der Waals surface area contributed by atoms with Crippen LogP contribution in [-0.4, -0.2) is 22.9 Å². The Kier molecular flexibility index (Phi) is 8.67. The summed E-state index contributed by atoms with van der Waals surface area (Å²) >= 11 is 7.58. The van der Waals surface area contributed by atoms with Crippen LogP contribution in [-0.2, 0) is 9.59 Å². The highest BCUT2D eigenvalue weighted by molar-refractivity contribution is 8.00. The summed E-state index contributed by atoms with van der Waals surface area (Å²) in [5.41, 5.74) is 1.79. The van der Waals surface area contributed by atoms with Crippen LogP contribution in [0.2, 0.25) is 5.02 Å². The lowest BCUT2D eigenvalue weighted by molar-refractivity contribution is -0.120. The molecule has 0 aliphatic heterocycles. The van der Waals surface area contributed by atoms with Gasteiger partial charge < -0.3 is 15.7 Å². The van der Waals surface area contributed by atoms with Crippen LogP contribution in [0.5, 0.6) is 0 Å². The average molecular weight is 523 g/mol. The first-order valence-electron chi connectivity index (χ1n) is 11.9. The second-order valence-corrected chi connectivity index (χ2v) is 10.3. The maximum absolute atomic E-state index is 13.3. The van der Waals surface area contributed by atoms with Crippen LogP contribution < -0.4 is 10.6 Å². The minimum absolute atomic E-state index is 0.0319. The van der Waals surface area contributed by atoms with E-state index in [1.807, 2.05) is 54.6 Å². The zero-order valence-corrected chi connectivity index (χ0v) is 21.1. The van der Waals surface area contributed by atoms with Gasteiger partial charge in [-0.05, 0) is 60.9 Å². The number of carboxylic acid groups (broad SMARTS) is 1. The number of amides is 2. The zero-order valence-electron chi connectivity index (χ0n) is 19.6. The van der Waals surface area contributed by atoms with Crippen molar-refractivity contribution < 1.29 is 19.5 Å². The highest BCUT2D eigenvalue weighted by Gasteiger charge is 2.24. The molecule has 1 aliphatic rings. The number of halogens is 1. The summed E-state index contributed by atoms with van der Waals surface area (Å²) in [5.74, 6) is -1.29. The summed E-state index contributed by atoms with van der Waals surface area (Å²) in [6.45, 7) is 0. The molecule has 0 spiro atoms. The Morgan fingerprint density at radius 3 is 2.25 bits per heavy atom. The van der Waals surface area contributed by atoms with Gasteiger partial charge in [-0.25, -0.2) is 4.79 Å². The molecule has 1 unspecified atom stereocenters. The topological polar surface area (TPSA) is 95.5 Å². The van der Waals surface area contributed by atoms with Crippen LogP contribution in [0.4, 0.5) is 11.4 Å². The summed E-state index contributed by atoms with van der Waals surface area (Å²) in [4.78, 5) is 38.1. The molecule has 1 saturated carbocycles. The monoisotopic (exact) mass is 522 g/mol. The van der Waals surface area contributed by atoms with Crippen molar-refractivity contribution in [2.45, 2.75) is 42.2 Å². The van der Waals surface area contributed by atoms with E-state index in [9.17, 15) is 19.5 Å². The lowest BCUT2D eigenvalue weighted by Gasteiger charge is -2.21. The molecule has 36 heavy (non-hydrogen) atoms. The molecule has 1 atom stereocenters. The number of hydrogen-bond donors (Lipinski definition) is 3. The van der Waals surface area contributed by atoms with Gasteiger partial charge >= 0.3 is 5.97 Å². The molecule has 0 heterocycles. The van der Waals surface area contributed by atoms with Gasteiger partial charge in [0.25, 0.3) is 0 Å². The second-order valence-electron chi connectivity index (χ2n) is 8.75. The van der Waals surface area contributed by atoms with Crippen molar-refractivity contribution >= 4 is 52.5 Å². The maximum atomic E-state index is 13.3. The van der Waals surface area contributed by atoms with Crippen LogP contribution >= 0.6 is 23.4 Å². The summed E-state index contributed by atoms with van der Waals surface area (Å²) in [6, 6.07) is 21.0. The third-order valence-electron chi connectivity index (χ3n) is 6.16. The van der Waals surface area contributed by atoms with Crippen LogP contribution in [0.3, 0.4) is 0 Å². The first-order valence-corrected chi connectivity index (χ1v) is 13.1. The van der Waals surface area contributed by atoms with Crippen LogP contribution in [0.1, 0.15) is 53.3 Å². The van der Waals surface area contributed by atoms with Gasteiger partial charge in [0.05, 0.1) is 16.3 Å². The number of carbonyl (C=O) groups excluding carboxylic acids is 2. The summed E-state index contributed by atoms with van der Waals surface area (Å²) in [5, 5.41) is 14.7. The number of carbonyl (C=O) groups is 3. The molecule has 3 N–H and O–H groups in total. The lowest BCUT2D eigenvalue weighted by Crippen LogP contribution is -2.24. The molecule has 3 aromatic rings. The molecule has 0 saturated heterocycles.